The van der Waals surface area contributed by atoms with E-state index in [4.69, 9.17) is 10.2 Å². The minimum atomic E-state index is -0.151. The van der Waals surface area contributed by atoms with Gasteiger partial charge < -0.3 is 10.2 Å². The van der Waals surface area contributed by atoms with Crippen molar-refractivity contribution in [1.82, 2.24) is 9.78 Å². The first-order valence-corrected chi connectivity index (χ1v) is 4.46. The van der Waals surface area contributed by atoms with Crippen LogP contribution in [0.15, 0.2) is 29.1 Å². The van der Waals surface area contributed by atoms with Crippen molar-refractivity contribution < 1.29 is 4.42 Å². The van der Waals surface area contributed by atoms with Gasteiger partial charge in [-0.25, -0.2) is 0 Å². The highest BCUT2D eigenvalue weighted by molar-refractivity contribution is 5.29. The zero-order valence-corrected chi connectivity index (χ0v) is 8.27. The molecule has 0 radical (unpaired) electrons. The number of hydrogen-bond acceptors (Lipinski definition) is 3. The molecule has 0 bridgehead atoms. The second-order valence-electron chi connectivity index (χ2n) is 3.36. The third-order valence-corrected chi connectivity index (χ3v) is 2.32. The van der Waals surface area contributed by atoms with Crippen molar-refractivity contribution >= 4 is 0 Å². The number of hydrogen-bond donors (Lipinski definition) is 1. The Bertz CT molecular complexity index is 430. The molecule has 4 nitrogen and oxygen atoms in total. The fraction of sp³-hybridized carbons (Fsp3) is 0.300. The highest BCUT2D eigenvalue weighted by atomic mass is 16.3. The minimum Gasteiger partial charge on any atom is -0.469 e. The van der Waals surface area contributed by atoms with E-state index in [9.17, 15) is 0 Å². The lowest BCUT2D eigenvalue weighted by Crippen LogP contribution is -2.11. The first-order chi connectivity index (χ1) is 6.68. The lowest BCUT2D eigenvalue weighted by atomic mass is 10.0. The molecule has 2 heterocycles. The van der Waals surface area contributed by atoms with Crippen molar-refractivity contribution in [2.45, 2.75) is 13.0 Å². The maximum Gasteiger partial charge on any atom is 0.105 e. The van der Waals surface area contributed by atoms with Crippen molar-refractivity contribution in [3.63, 3.8) is 0 Å². The van der Waals surface area contributed by atoms with E-state index in [0.717, 1.165) is 16.9 Å². The zero-order valence-electron chi connectivity index (χ0n) is 8.27. The van der Waals surface area contributed by atoms with Crippen LogP contribution in [0.1, 0.15) is 22.9 Å². The Balaban J connectivity index is 2.33. The Kier molecular flexibility index (Phi) is 2.13. The molecule has 2 aromatic heterocycles. The van der Waals surface area contributed by atoms with Crippen LogP contribution in [0.2, 0.25) is 0 Å². The highest BCUT2D eigenvalue weighted by Crippen LogP contribution is 2.22. The van der Waals surface area contributed by atoms with Crippen LogP contribution in [-0.4, -0.2) is 9.78 Å². The Labute approximate surface area is 82.3 Å². The van der Waals surface area contributed by atoms with Crippen molar-refractivity contribution in [3.8, 4) is 0 Å². The Morgan fingerprint density at radius 1 is 1.57 bits per heavy atom. The second kappa shape index (κ2) is 3.31. The number of nitrogens with zero attached hydrogens (tertiary/aromatic N) is 2. The molecular formula is C10H13N3O. The molecule has 14 heavy (non-hydrogen) atoms. The first kappa shape index (κ1) is 9.02. The first-order valence-electron chi connectivity index (χ1n) is 4.46. The summed E-state index contributed by atoms with van der Waals surface area (Å²) < 4.78 is 6.95. The van der Waals surface area contributed by atoms with E-state index in [1.54, 1.807) is 17.1 Å². The summed E-state index contributed by atoms with van der Waals surface area (Å²) in [4.78, 5) is 0. The summed E-state index contributed by atoms with van der Waals surface area (Å²) in [6.07, 6.45) is 5.34. The summed E-state index contributed by atoms with van der Waals surface area (Å²) >= 11 is 0. The van der Waals surface area contributed by atoms with Gasteiger partial charge in [-0.1, -0.05) is 0 Å². The Morgan fingerprint density at radius 2 is 2.36 bits per heavy atom. The number of rotatable bonds is 2. The van der Waals surface area contributed by atoms with Crippen molar-refractivity contribution in [1.29, 1.82) is 0 Å². The Hall–Kier alpha value is -1.55. The van der Waals surface area contributed by atoms with Gasteiger partial charge in [-0.2, -0.15) is 5.10 Å². The van der Waals surface area contributed by atoms with Gasteiger partial charge in [-0.3, -0.25) is 4.68 Å². The maximum absolute atomic E-state index is 6.06. The monoisotopic (exact) mass is 191 g/mol. The van der Waals surface area contributed by atoms with Crippen LogP contribution in [0.4, 0.5) is 0 Å². The third-order valence-electron chi connectivity index (χ3n) is 2.32. The molecule has 4 heteroatoms. The van der Waals surface area contributed by atoms with E-state index in [1.807, 2.05) is 26.2 Å². The molecule has 2 aromatic rings. The standard InChI is InChI=1S/C10H13N3O/c1-7-9(3-4-14-7)10(11)8-5-12-13(2)6-8/h3-6,10H,11H2,1-2H3. The van der Waals surface area contributed by atoms with Crippen LogP contribution in [0.25, 0.3) is 0 Å². The van der Waals surface area contributed by atoms with Crippen LogP contribution < -0.4 is 5.73 Å². The van der Waals surface area contributed by atoms with E-state index < -0.39 is 0 Å². The lowest BCUT2D eigenvalue weighted by molar-refractivity contribution is 0.527. The van der Waals surface area contributed by atoms with Gasteiger partial charge in [0, 0.05) is 24.4 Å². The fourth-order valence-corrected chi connectivity index (χ4v) is 1.50. The van der Waals surface area contributed by atoms with Gasteiger partial charge in [0.15, 0.2) is 0 Å². The molecule has 0 aliphatic heterocycles. The van der Waals surface area contributed by atoms with Crippen LogP contribution in [0.3, 0.4) is 0 Å². The minimum absolute atomic E-state index is 0.151. The summed E-state index contributed by atoms with van der Waals surface area (Å²) in [5.74, 6) is 0.862. The Morgan fingerprint density at radius 3 is 2.86 bits per heavy atom. The average molecular weight is 191 g/mol. The number of furan rings is 1. The van der Waals surface area contributed by atoms with E-state index >= 15 is 0 Å². The lowest BCUT2D eigenvalue weighted by Gasteiger charge is -2.07. The molecule has 0 spiro atoms. The van der Waals surface area contributed by atoms with Gasteiger partial charge in [0.1, 0.15) is 5.76 Å². The molecule has 0 aromatic carbocycles. The molecular weight excluding hydrogens is 178 g/mol. The number of aryl methyl sites for hydroxylation is 2. The summed E-state index contributed by atoms with van der Waals surface area (Å²) in [5, 5.41) is 4.08. The maximum atomic E-state index is 6.06. The average Bonchev–Trinajstić information content (AvgIpc) is 2.73. The van der Waals surface area contributed by atoms with Gasteiger partial charge in [-0.15, -0.1) is 0 Å². The SMILES string of the molecule is Cc1occc1C(N)c1cnn(C)c1. The fourth-order valence-electron chi connectivity index (χ4n) is 1.50. The smallest absolute Gasteiger partial charge is 0.105 e. The predicted molar refractivity (Wildman–Crippen MR) is 52.7 cm³/mol. The molecule has 1 unspecified atom stereocenters. The molecule has 2 N–H and O–H groups in total. The molecule has 0 amide bonds. The molecule has 2 rings (SSSR count). The summed E-state index contributed by atoms with van der Waals surface area (Å²) in [6, 6.07) is 1.75. The quantitative estimate of drug-likeness (QED) is 0.780. The van der Waals surface area contributed by atoms with E-state index in [2.05, 4.69) is 5.10 Å². The largest absolute Gasteiger partial charge is 0.469 e. The van der Waals surface area contributed by atoms with Gasteiger partial charge >= 0.3 is 0 Å². The summed E-state index contributed by atoms with van der Waals surface area (Å²) in [5.41, 5.74) is 8.07. The topological polar surface area (TPSA) is 57.0 Å². The van der Waals surface area contributed by atoms with Gasteiger partial charge in [0.05, 0.1) is 18.5 Å². The third kappa shape index (κ3) is 1.44. The van der Waals surface area contributed by atoms with E-state index in [1.165, 1.54) is 0 Å². The molecule has 0 saturated carbocycles. The van der Waals surface area contributed by atoms with Gasteiger partial charge in [0.2, 0.25) is 0 Å². The summed E-state index contributed by atoms with van der Waals surface area (Å²) in [7, 11) is 1.87. The summed E-state index contributed by atoms with van der Waals surface area (Å²) in [6.45, 7) is 1.91. The van der Waals surface area contributed by atoms with Crippen molar-refractivity contribution in [3.05, 3.63) is 41.6 Å². The highest BCUT2D eigenvalue weighted by Gasteiger charge is 2.14. The van der Waals surface area contributed by atoms with Crippen LogP contribution in [0, 0.1) is 6.92 Å². The molecule has 1 atom stereocenters. The number of aromatic nitrogens is 2. The van der Waals surface area contributed by atoms with Crippen LogP contribution in [0.5, 0.6) is 0 Å². The normalized spacial score (nSPS) is 13.1. The predicted octanol–water partition coefficient (Wildman–Crippen LogP) is 1.37. The van der Waals surface area contributed by atoms with Crippen LogP contribution in [-0.2, 0) is 7.05 Å². The molecule has 0 saturated heterocycles. The molecule has 0 aliphatic carbocycles. The molecule has 0 fully saturated rings. The van der Waals surface area contributed by atoms with Gasteiger partial charge in [-0.05, 0) is 13.0 Å². The van der Waals surface area contributed by atoms with E-state index in [0.29, 0.717) is 0 Å². The zero-order chi connectivity index (χ0) is 10.1. The molecule has 0 aliphatic rings. The second-order valence-corrected chi connectivity index (χ2v) is 3.36. The number of nitrogens with two attached hydrogens (primary N) is 1. The van der Waals surface area contributed by atoms with Gasteiger partial charge in [0.25, 0.3) is 0 Å². The van der Waals surface area contributed by atoms with Crippen molar-refractivity contribution in [2.24, 2.45) is 12.8 Å². The van der Waals surface area contributed by atoms with Crippen molar-refractivity contribution in [2.75, 3.05) is 0 Å². The molecule has 74 valence electrons. The van der Waals surface area contributed by atoms with Crippen LogP contribution >= 0.6 is 0 Å². The van der Waals surface area contributed by atoms with E-state index in [-0.39, 0.29) is 6.04 Å².